The van der Waals surface area contributed by atoms with Crippen LogP contribution in [0.15, 0.2) is 60.7 Å². The number of nitrogens with zero attached hydrogens (tertiary/aromatic N) is 4. The Morgan fingerprint density at radius 3 is 2.50 bits per heavy atom. The minimum absolute atomic E-state index is 0.103. The zero-order valence-corrected chi connectivity index (χ0v) is 16.8. The van der Waals surface area contributed by atoms with Crippen LogP contribution >= 0.6 is 0 Å². The molecule has 1 fully saturated rings. The van der Waals surface area contributed by atoms with Gasteiger partial charge in [-0.2, -0.15) is 0 Å². The number of carbonyl (C=O) groups is 1. The molecule has 0 bridgehead atoms. The van der Waals surface area contributed by atoms with E-state index in [9.17, 15) is 9.18 Å². The smallest absolute Gasteiger partial charge is 0.260 e. The lowest BCUT2D eigenvalue weighted by Gasteiger charge is -2.35. The first-order valence-electron chi connectivity index (χ1n) is 9.91. The maximum absolute atomic E-state index is 13.2. The highest BCUT2D eigenvalue weighted by Crippen LogP contribution is 2.22. The second-order valence-electron chi connectivity index (χ2n) is 7.21. The number of halogens is 1. The van der Waals surface area contributed by atoms with E-state index in [2.05, 4.69) is 28.1 Å². The highest BCUT2D eigenvalue weighted by Gasteiger charge is 2.22. The molecule has 0 saturated carbocycles. The second kappa shape index (κ2) is 8.90. The van der Waals surface area contributed by atoms with Crippen LogP contribution in [0.1, 0.15) is 5.56 Å². The summed E-state index contributed by atoms with van der Waals surface area (Å²) < 4.78 is 18.6. The number of hydrogen-bond acceptors (Lipinski definition) is 5. The second-order valence-corrected chi connectivity index (χ2v) is 7.21. The molecule has 6 nitrogen and oxygen atoms in total. The number of hydrogen-bond donors (Lipinski definition) is 0. The molecule has 1 amide bonds. The van der Waals surface area contributed by atoms with Gasteiger partial charge in [-0.15, -0.1) is 10.2 Å². The lowest BCUT2D eigenvalue weighted by atomic mass is 10.1. The molecule has 2 heterocycles. The topological polar surface area (TPSA) is 58.6 Å². The van der Waals surface area contributed by atoms with Gasteiger partial charge in [-0.1, -0.05) is 30.3 Å². The molecule has 0 radical (unpaired) electrons. The van der Waals surface area contributed by atoms with Crippen molar-refractivity contribution in [2.24, 2.45) is 0 Å². The summed E-state index contributed by atoms with van der Waals surface area (Å²) in [5.41, 5.74) is 3.08. The number of ether oxygens (including phenoxy) is 1. The van der Waals surface area contributed by atoms with Crippen LogP contribution in [0.25, 0.3) is 11.3 Å². The summed E-state index contributed by atoms with van der Waals surface area (Å²) in [5.74, 6) is 0.657. The maximum Gasteiger partial charge on any atom is 0.260 e. The van der Waals surface area contributed by atoms with E-state index in [4.69, 9.17) is 4.74 Å². The van der Waals surface area contributed by atoms with E-state index < -0.39 is 0 Å². The first-order valence-corrected chi connectivity index (χ1v) is 9.91. The van der Waals surface area contributed by atoms with Crippen molar-refractivity contribution in [2.45, 2.75) is 6.92 Å². The van der Waals surface area contributed by atoms with E-state index in [-0.39, 0.29) is 18.3 Å². The quantitative estimate of drug-likeness (QED) is 0.651. The Labute approximate surface area is 174 Å². The summed E-state index contributed by atoms with van der Waals surface area (Å²) >= 11 is 0. The summed E-state index contributed by atoms with van der Waals surface area (Å²) in [6, 6.07) is 17.8. The van der Waals surface area contributed by atoms with Gasteiger partial charge in [0.25, 0.3) is 5.91 Å². The van der Waals surface area contributed by atoms with Gasteiger partial charge in [-0.3, -0.25) is 4.79 Å². The van der Waals surface area contributed by atoms with Gasteiger partial charge in [0.05, 0.1) is 5.69 Å². The molecule has 154 valence electrons. The molecule has 4 rings (SSSR count). The van der Waals surface area contributed by atoms with E-state index in [1.807, 2.05) is 30.3 Å². The number of benzene rings is 2. The third-order valence-electron chi connectivity index (χ3n) is 5.19. The Morgan fingerprint density at radius 2 is 1.80 bits per heavy atom. The van der Waals surface area contributed by atoms with Crippen molar-refractivity contribution < 1.29 is 13.9 Å². The van der Waals surface area contributed by atoms with E-state index in [1.54, 1.807) is 17.0 Å². The first-order chi connectivity index (χ1) is 14.6. The molecule has 1 saturated heterocycles. The van der Waals surface area contributed by atoms with Crippen molar-refractivity contribution in [1.82, 2.24) is 15.1 Å². The van der Waals surface area contributed by atoms with Crippen LogP contribution in [0.5, 0.6) is 5.75 Å². The Bertz CT molecular complexity index is 1020. The number of anilines is 1. The third kappa shape index (κ3) is 4.56. The fourth-order valence-corrected chi connectivity index (χ4v) is 3.48. The van der Waals surface area contributed by atoms with Gasteiger partial charge in [0, 0.05) is 37.8 Å². The van der Waals surface area contributed by atoms with Crippen LogP contribution in [0, 0.1) is 12.7 Å². The van der Waals surface area contributed by atoms with Crippen molar-refractivity contribution in [3.05, 3.63) is 72.0 Å². The predicted molar refractivity (Wildman–Crippen MR) is 113 cm³/mol. The average molecular weight is 406 g/mol. The first kappa shape index (κ1) is 19.8. The summed E-state index contributed by atoms with van der Waals surface area (Å²) in [7, 11) is 0. The normalized spacial score (nSPS) is 13.9. The molecular formula is C23H23FN4O2. The summed E-state index contributed by atoms with van der Waals surface area (Å²) in [5, 5.41) is 8.77. The van der Waals surface area contributed by atoms with Crippen molar-refractivity contribution in [2.75, 3.05) is 37.7 Å². The Morgan fingerprint density at radius 1 is 1.00 bits per heavy atom. The molecule has 3 aromatic rings. The Kier molecular flexibility index (Phi) is 5.88. The maximum atomic E-state index is 13.2. The van der Waals surface area contributed by atoms with Gasteiger partial charge in [-0.25, -0.2) is 4.39 Å². The number of aromatic nitrogens is 2. The number of amides is 1. The number of aryl methyl sites for hydroxylation is 1. The summed E-state index contributed by atoms with van der Waals surface area (Å²) in [6.07, 6.45) is 0. The van der Waals surface area contributed by atoms with Gasteiger partial charge >= 0.3 is 0 Å². The molecule has 0 aliphatic carbocycles. The molecule has 1 aliphatic rings. The van der Waals surface area contributed by atoms with Gasteiger partial charge in [-0.05, 0) is 36.8 Å². The van der Waals surface area contributed by atoms with E-state index in [0.717, 1.165) is 22.6 Å². The molecule has 2 aromatic carbocycles. The monoisotopic (exact) mass is 406 g/mol. The molecular weight excluding hydrogens is 383 g/mol. The lowest BCUT2D eigenvalue weighted by Crippen LogP contribution is -2.50. The predicted octanol–water partition coefficient (Wildman–Crippen LogP) is 3.32. The zero-order valence-electron chi connectivity index (χ0n) is 16.8. The molecule has 7 heteroatoms. The highest BCUT2D eigenvalue weighted by molar-refractivity contribution is 5.78. The number of carbonyl (C=O) groups excluding carboxylic acids is 1. The van der Waals surface area contributed by atoms with Crippen LogP contribution in [0.2, 0.25) is 0 Å². The van der Waals surface area contributed by atoms with Crippen molar-refractivity contribution in [3.63, 3.8) is 0 Å². The minimum Gasteiger partial charge on any atom is -0.484 e. The molecule has 0 atom stereocenters. The molecule has 1 aromatic heterocycles. The van der Waals surface area contributed by atoms with Gasteiger partial charge in [0.1, 0.15) is 11.6 Å². The third-order valence-corrected chi connectivity index (χ3v) is 5.19. The van der Waals surface area contributed by atoms with Gasteiger partial charge in [0.15, 0.2) is 12.4 Å². The van der Waals surface area contributed by atoms with Crippen LogP contribution in [0.3, 0.4) is 0 Å². The van der Waals surface area contributed by atoms with Crippen LogP contribution in [-0.4, -0.2) is 53.8 Å². The molecule has 0 unspecified atom stereocenters. The average Bonchev–Trinajstić information content (AvgIpc) is 2.78. The van der Waals surface area contributed by atoms with Crippen LogP contribution in [0.4, 0.5) is 10.2 Å². The largest absolute Gasteiger partial charge is 0.484 e. The van der Waals surface area contributed by atoms with Crippen molar-refractivity contribution >= 4 is 11.7 Å². The van der Waals surface area contributed by atoms with Gasteiger partial charge in [0.2, 0.25) is 0 Å². The standard InChI is InChI=1S/C23H23FN4O2/c1-17-5-2-3-8-20(17)21-9-10-22(26-25-21)27-11-13-28(14-12-27)23(29)16-30-19-7-4-6-18(24)15-19/h2-10,15H,11-14,16H2,1H3. The molecule has 30 heavy (non-hydrogen) atoms. The zero-order chi connectivity index (χ0) is 20.9. The van der Waals surface area contributed by atoms with Gasteiger partial charge < -0.3 is 14.5 Å². The van der Waals surface area contributed by atoms with Crippen molar-refractivity contribution in [3.8, 4) is 17.0 Å². The Balaban J connectivity index is 1.31. The van der Waals surface area contributed by atoms with Crippen LogP contribution < -0.4 is 9.64 Å². The summed E-state index contributed by atoms with van der Waals surface area (Å²) in [6.45, 7) is 4.45. The fraction of sp³-hybridized carbons (Fsp3) is 0.261. The summed E-state index contributed by atoms with van der Waals surface area (Å²) in [4.78, 5) is 16.3. The van der Waals surface area contributed by atoms with E-state index >= 15 is 0 Å². The SMILES string of the molecule is Cc1ccccc1-c1ccc(N2CCN(C(=O)COc3cccc(F)c3)CC2)nn1. The van der Waals surface area contributed by atoms with E-state index in [0.29, 0.717) is 31.9 Å². The minimum atomic E-state index is -0.386. The fourth-order valence-electron chi connectivity index (χ4n) is 3.48. The van der Waals surface area contributed by atoms with Crippen molar-refractivity contribution in [1.29, 1.82) is 0 Å². The molecule has 0 spiro atoms. The van der Waals surface area contributed by atoms with Crippen LogP contribution in [-0.2, 0) is 4.79 Å². The molecule has 1 aliphatic heterocycles. The number of piperazine rings is 1. The highest BCUT2D eigenvalue weighted by atomic mass is 19.1. The number of rotatable bonds is 5. The Hall–Kier alpha value is -3.48. The lowest BCUT2D eigenvalue weighted by molar-refractivity contribution is -0.133. The molecule has 0 N–H and O–H groups in total. The van der Waals surface area contributed by atoms with E-state index in [1.165, 1.54) is 12.1 Å².